The zero-order valence-corrected chi connectivity index (χ0v) is 17.6. The maximum Gasteiger partial charge on any atom is 0.418 e. The van der Waals surface area contributed by atoms with Crippen LogP contribution >= 0.6 is 0 Å². The zero-order valence-electron chi connectivity index (χ0n) is 17.6. The number of ether oxygens (including phenoxy) is 1. The van der Waals surface area contributed by atoms with Gasteiger partial charge in [-0.1, -0.05) is 42.5 Å². The van der Waals surface area contributed by atoms with Gasteiger partial charge in [-0.25, -0.2) is 23.5 Å². The van der Waals surface area contributed by atoms with Gasteiger partial charge in [0.05, 0.1) is 17.1 Å². The number of aromatic nitrogens is 2. The number of fused-ring (bicyclic) bond motifs is 1. The summed E-state index contributed by atoms with van der Waals surface area (Å²) in [6.07, 6.45) is -0.799. The lowest BCUT2D eigenvalue weighted by Crippen LogP contribution is -2.42. The minimum atomic E-state index is -1.76. The second-order valence-corrected chi connectivity index (χ2v) is 8.01. The van der Waals surface area contributed by atoms with Gasteiger partial charge in [0.15, 0.2) is 5.82 Å². The maximum atomic E-state index is 13.8. The van der Waals surface area contributed by atoms with Crippen LogP contribution in [-0.4, -0.2) is 26.9 Å². The van der Waals surface area contributed by atoms with Gasteiger partial charge >= 0.3 is 6.09 Å². The van der Waals surface area contributed by atoms with E-state index in [0.717, 1.165) is 10.5 Å². The third kappa shape index (κ3) is 3.53. The largest absolute Gasteiger partial charge is 0.424 e. The molecule has 3 aromatic carbocycles. The SMILES string of the molecule is CC(c1ccc(F)cc1)N1C(=O)OC(Cc2ccccc2)(c2nc3ccc(F)cc3[nH]2)C1=O. The molecule has 0 aliphatic carbocycles. The lowest BCUT2D eigenvalue weighted by molar-refractivity contribution is -0.139. The van der Waals surface area contributed by atoms with Crippen molar-refractivity contribution in [1.29, 1.82) is 0 Å². The van der Waals surface area contributed by atoms with E-state index in [2.05, 4.69) is 9.97 Å². The highest BCUT2D eigenvalue weighted by molar-refractivity contribution is 6.04. The summed E-state index contributed by atoms with van der Waals surface area (Å²) < 4.78 is 32.9. The van der Waals surface area contributed by atoms with Crippen molar-refractivity contribution in [2.45, 2.75) is 25.0 Å². The summed E-state index contributed by atoms with van der Waals surface area (Å²) in [7, 11) is 0. The first kappa shape index (κ1) is 20.8. The highest BCUT2D eigenvalue weighted by Gasteiger charge is 2.58. The first-order valence-electron chi connectivity index (χ1n) is 10.4. The highest BCUT2D eigenvalue weighted by atomic mass is 19.1. The van der Waals surface area contributed by atoms with E-state index in [1.54, 1.807) is 6.92 Å². The summed E-state index contributed by atoms with van der Waals surface area (Å²) in [6, 6.07) is 18.0. The third-order valence-electron chi connectivity index (χ3n) is 5.88. The smallest absolute Gasteiger partial charge is 0.418 e. The molecule has 8 heteroatoms. The Hall–Kier alpha value is -4.07. The van der Waals surface area contributed by atoms with Gasteiger partial charge in [-0.05, 0) is 48.4 Å². The number of rotatable bonds is 5. The van der Waals surface area contributed by atoms with Crippen LogP contribution in [0.3, 0.4) is 0 Å². The number of benzene rings is 3. The fourth-order valence-corrected chi connectivity index (χ4v) is 4.15. The molecule has 6 nitrogen and oxygen atoms in total. The first-order chi connectivity index (χ1) is 15.9. The Labute approximate surface area is 187 Å². The molecule has 0 bridgehead atoms. The molecular formula is C25H19F2N3O3. The van der Waals surface area contributed by atoms with E-state index in [0.29, 0.717) is 16.6 Å². The van der Waals surface area contributed by atoms with Crippen LogP contribution in [0.15, 0.2) is 72.8 Å². The summed E-state index contributed by atoms with van der Waals surface area (Å²) in [5.41, 5.74) is 0.381. The molecule has 2 amide bonds. The number of imidazole rings is 1. The lowest BCUT2D eigenvalue weighted by Gasteiger charge is -2.25. The number of cyclic esters (lactones) is 1. The molecule has 2 unspecified atom stereocenters. The van der Waals surface area contributed by atoms with Crippen molar-refractivity contribution < 1.29 is 23.1 Å². The monoisotopic (exact) mass is 447 g/mol. The van der Waals surface area contributed by atoms with E-state index in [1.165, 1.54) is 42.5 Å². The van der Waals surface area contributed by atoms with Gasteiger partial charge in [0.1, 0.15) is 11.6 Å². The van der Waals surface area contributed by atoms with Crippen molar-refractivity contribution in [2.24, 2.45) is 0 Å². The topological polar surface area (TPSA) is 75.3 Å². The fourth-order valence-electron chi connectivity index (χ4n) is 4.15. The van der Waals surface area contributed by atoms with Crippen molar-refractivity contribution in [3.63, 3.8) is 0 Å². The Balaban J connectivity index is 1.61. The number of nitrogens with zero attached hydrogens (tertiary/aromatic N) is 2. The zero-order chi connectivity index (χ0) is 23.2. The minimum Gasteiger partial charge on any atom is -0.424 e. The van der Waals surface area contributed by atoms with Crippen LogP contribution in [0.1, 0.15) is 29.9 Å². The number of halogens is 2. The highest BCUT2D eigenvalue weighted by Crippen LogP contribution is 2.40. The van der Waals surface area contributed by atoms with Crippen molar-refractivity contribution in [1.82, 2.24) is 14.9 Å². The molecule has 1 aromatic heterocycles. The van der Waals surface area contributed by atoms with Crippen LogP contribution < -0.4 is 0 Å². The Kier molecular flexibility index (Phi) is 4.92. The normalized spacial score (nSPS) is 19.2. The van der Waals surface area contributed by atoms with Crippen molar-refractivity contribution in [3.8, 4) is 0 Å². The molecule has 0 radical (unpaired) electrons. The van der Waals surface area contributed by atoms with Gasteiger partial charge in [0.25, 0.3) is 11.5 Å². The van der Waals surface area contributed by atoms with Crippen LogP contribution in [0.25, 0.3) is 11.0 Å². The molecule has 33 heavy (non-hydrogen) atoms. The molecule has 1 aliphatic rings. The van der Waals surface area contributed by atoms with Crippen LogP contribution in [-0.2, 0) is 21.6 Å². The molecule has 0 spiro atoms. The minimum absolute atomic E-state index is 0.0351. The number of hydrogen-bond donors (Lipinski definition) is 1. The van der Waals surface area contributed by atoms with Crippen LogP contribution in [0, 0.1) is 11.6 Å². The van der Waals surface area contributed by atoms with Crippen molar-refractivity contribution in [2.75, 3.05) is 0 Å². The molecule has 5 rings (SSSR count). The number of carbonyl (C=O) groups excluding carboxylic acids is 2. The molecule has 0 saturated carbocycles. The predicted octanol–water partition coefficient (Wildman–Crippen LogP) is 5.02. The summed E-state index contributed by atoms with van der Waals surface area (Å²) in [5.74, 6) is -1.38. The van der Waals surface area contributed by atoms with Gasteiger partial charge in [-0.15, -0.1) is 0 Å². The van der Waals surface area contributed by atoms with E-state index in [-0.39, 0.29) is 12.2 Å². The van der Waals surface area contributed by atoms with Crippen LogP contribution in [0.2, 0.25) is 0 Å². The number of H-pyrrole nitrogens is 1. The predicted molar refractivity (Wildman–Crippen MR) is 116 cm³/mol. The summed E-state index contributed by atoms with van der Waals surface area (Å²) in [6.45, 7) is 1.67. The van der Waals surface area contributed by atoms with Gasteiger partial charge in [0, 0.05) is 6.42 Å². The molecule has 4 aromatic rings. The molecule has 1 saturated heterocycles. The van der Waals surface area contributed by atoms with E-state index in [1.807, 2.05) is 30.3 Å². The second-order valence-electron chi connectivity index (χ2n) is 8.01. The van der Waals surface area contributed by atoms with Gasteiger partial charge < -0.3 is 9.72 Å². The van der Waals surface area contributed by atoms with E-state index in [4.69, 9.17) is 4.74 Å². The average molecular weight is 447 g/mol. The van der Waals surface area contributed by atoms with E-state index < -0.39 is 35.3 Å². The molecule has 166 valence electrons. The number of nitrogens with one attached hydrogen (secondary N) is 1. The standard InChI is InChI=1S/C25H19F2N3O3/c1-15(17-7-9-18(26)10-8-17)30-23(31)25(33-24(30)32,14-16-5-3-2-4-6-16)22-28-20-12-11-19(27)13-21(20)29-22/h2-13,15H,14H2,1H3,(H,28,29). The second kappa shape index (κ2) is 7.81. The summed E-state index contributed by atoms with van der Waals surface area (Å²) in [5, 5.41) is 0. The molecule has 1 fully saturated rings. The van der Waals surface area contributed by atoms with Crippen molar-refractivity contribution >= 4 is 23.0 Å². The quantitative estimate of drug-likeness (QED) is 0.466. The van der Waals surface area contributed by atoms with Crippen LogP contribution in [0.4, 0.5) is 13.6 Å². The lowest BCUT2D eigenvalue weighted by atomic mass is 9.92. The molecular weight excluding hydrogens is 428 g/mol. The first-order valence-corrected chi connectivity index (χ1v) is 10.4. The number of hydrogen-bond acceptors (Lipinski definition) is 4. The van der Waals surface area contributed by atoms with Crippen molar-refractivity contribution in [3.05, 3.63) is 101 Å². The van der Waals surface area contributed by atoms with Gasteiger partial charge in [-0.3, -0.25) is 4.79 Å². The third-order valence-corrected chi connectivity index (χ3v) is 5.88. The Morgan fingerprint density at radius 3 is 2.42 bits per heavy atom. The Morgan fingerprint density at radius 2 is 1.70 bits per heavy atom. The van der Waals surface area contributed by atoms with Gasteiger partial charge in [0.2, 0.25) is 0 Å². The Bertz CT molecular complexity index is 1350. The molecule has 1 N–H and O–H groups in total. The number of amides is 2. The summed E-state index contributed by atoms with van der Waals surface area (Å²) >= 11 is 0. The van der Waals surface area contributed by atoms with E-state index in [9.17, 15) is 18.4 Å². The fraction of sp³-hybridized carbons (Fsp3) is 0.160. The Morgan fingerprint density at radius 1 is 1.00 bits per heavy atom. The van der Waals surface area contributed by atoms with Gasteiger partial charge in [-0.2, -0.15) is 0 Å². The van der Waals surface area contributed by atoms with Crippen LogP contribution in [0.5, 0.6) is 0 Å². The molecule has 2 heterocycles. The molecule has 1 aliphatic heterocycles. The summed E-state index contributed by atoms with van der Waals surface area (Å²) in [4.78, 5) is 35.3. The van der Waals surface area contributed by atoms with E-state index >= 15 is 0 Å². The number of aromatic amines is 1. The number of imide groups is 1. The molecule has 2 atom stereocenters. The average Bonchev–Trinajstić information content (AvgIpc) is 3.33. The number of carbonyl (C=O) groups is 2. The maximum absolute atomic E-state index is 13.8.